The van der Waals surface area contributed by atoms with Crippen molar-refractivity contribution in [1.29, 1.82) is 0 Å². The molecule has 0 saturated carbocycles. The van der Waals surface area contributed by atoms with Gasteiger partial charge in [-0.1, -0.05) is 54.6 Å². The molecule has 1 saturated heterocycles. The molecule has 2 unspecified atom stereocenters. The van der Waals surface area contributed by atoms with Crippen LogP contribution in [-0.2, 0) is 16.6 Å². The standard InChI is InChI=1S/C24H29N3O2S2/c1-20(25-31(28,29)22-11-6-3-7-12-22)24(23-13-8-18-30-23)27-16-14-26(15-17-27)19-21-9-4-2-5-10-21/h2-13,18,20,24-25H,14-17,19H2,1H3. The SMILES string of the molecule is CC(NS(=O)(=O)c1ccccc1)C(c1cccs1)N1CCN(Cc2ccccc2)CC1. The van der Waals surface area contributed by atoms with Crippen LogP contribution in [0.25, 0.3) is 0 Å². The highest BCUT2D eigenvalue weighted by Crippen LogP contribution is 2.30. The van der Waals surface area contributed by atoms with E-state index in [9.17, 15) is 8.42 Å². The lowest BCUT2D eigenvalue weighted by Gasteiger charge is -2.41. The molecule has 0 bridgehead atoms. The van der Waals surface area contributed by atoms with E-state index >= 15 is 0 Å². The Morgan fingerprint density at radius 2 is 1.55 bits per heavy atom. The van der Waals surface area contributed by atoms with Gasteiger partial charge in [0.05, 0.1) is 10.9 Å². The third-order valence-corrected chi connectivity index (χ3v) is 8.27. The number of nitrogens with one attached hydrogen (secondary N) is 1. The van der Waals surface area contributed by atoms with Crippen molar-refractivity contribution in [2.45, 2.75) is 30.4 Å². The molecular weight excluding hydrogens is 426 g/mol. The second kappa shape index (κ2) is 10.1. The molecule has 4 rings (SSSR count). The fourth-order valence-electron chi connectivity index (χ4n) is 4.22. The smallest absolute Gasteiger partial charge is 0.240 e. The van der Waals surface area contributed by atoms with E-state index in [1.807, 2.05) is 25.1 Å². The lowest BCUT2D eigenvalue weighted by atomic mass is 10.1. The van der Waals surface area contributed by atoms with Gasteiger partial charge < -0.3 is 0 Å². The molecule has 0 amide bonds. The van der Waals surface area contributed by atoms with E-state index in [1.54, 1.807) is 35.6 Å². The van der Waals surface area contributed by atoms with E-state index in [0.29, 0.717) is 4.90 Å². The van der Waals surface area contributed by atoms with Crippen LogP contribution < -0.4 is 4.72 Å². The predicted molar refractivity (Wildman–Crippen MR) is 127 cm³/mol. The van der Waals surface area contributed by atoms with Crippen molar-refractivity contribution in [3.8, 4) is 0 Å². The van der Waals surface area contributed by atoms with Crippen molar-refractivity contribution in [3.63, 3.8) is 0 Å². The summed E-state index contributed by atoms with van der Waals surface area (Å²) in [5.74, 6) is 0. The number of sulfonamides is 1. The zero-order valence-corrected chi connectivity index (χ0v) is 19.4. The van der Waals surface area contributed by atoms with Crippen molar-refractivity contribution in [2.75, 3.05) is 26.2 Å². The Morgan fingerprint density at radius 3 is 2.16 bits per heavy atom. The van der Waals surface area contributed by atoms with Gasteiger partial charge >= 0.3 is 0 Å². The first-order valence-corrected chi connectivity index (χ1v) is 13.0. The Bertz CT molecular complexity index is 1030. The summed E-state index contributed by atoms with van der Waals surface area (Å²) < 4.78 is 28.8. The first-order valence-electron chi connectivity index (χ1n) is 10.6. The van der Waals surface area contributed by atoms with Gasteiger partial charge in [0.25, 0.3) is 0 Å². The minimum absolute atomic E-state index is 0.0114. The molecule has 1 aliphatic heterocycles. The van der Waals surface area contributed by atoms with Crippen LogP contribution in [0.4, 0.5) is 0 Å². The third-order valence-electron chi connectivity index (χ3n) is 5.75. The van der Waals surface area contributed by atoms with Crippen LogP contribution in [0, 0.1) is 0 Å². The average Bonchev–Trinajstić information content (AvgIpc) is 3.30. The van der Waals surface area contributed by atoms with Crippen molar-refractivity contribution in [3.05, 3.63) is 88.6 Å². The Kier molecular flexibility index (Phi) is 7.20. The number of thiophene rings is 1. The molecule has 0 spiro atoms. The molecular formula is C24H29N3O2S2. The van der Waals surface area contributed by atoms with Gasteiger partial charge in [0.1, 0.15) is 0 Å². The van der Waals surface area contributed by atoms with Crippen LogP contribution in [-0.4, -0.2) is 50.4 Å². The van der Waals surface area contributed by atoms with Gasteiger partial charge in [-0.3, -0.25) is 9.80 Å². The average molecular weight is 456 g/mol. The summed E-state index contributed by atoms with van der Waals surface area (Å²) >= 11 is 1.69. The van der Waals surface area contributed by atoms with Crippen molar-refractivity contribution in [1.82, 2.24) is 14.5 Å². The summed E-state index contributed by atoms with van der Waals surface area (Å²) in [6, 6.07) is 23.1. The molecule has 5 nitrogen and oxygen atoms in total. The predicted octanol–water partition coefficient (Wildman–Crippen LogP) is 3.97. The first kappa shape index (κ1) is 22.2. The topological polar surface area (TPSA) is 52.7 Å². The van der Waals surface area contributed by atoms with E-state index in [4.69, 9.17) is 0 Å². The second-order valence-electron chi connectivity index (χ2n) is 7.98. The van der Waals surface area contributed by atoms with Crippen molar-refractivity contribution >= 4 is 21.4 Å². The number of hydrogen-bond acceptors (Lipinski definition) is 5. The summed E-state index contributed by atoms with van der Waals surface area (Å²) in [5.41, 5.74) is 1.33. The van der Waals surface area contributed by atoms with Crippen LogP contribution >= 0.6 is 11.3 Å². The zero-order valence-electron chi connectivity index (χ0n) is 17.7. The molecule has 2 heterocycles. The van der Waals surface area contributed by atoms with Gasteiger partial charge in [0.2, 0.25) is 10.0 Å². The molecule has 0 radical (unpaired) electrons. The molecule has 164 valence electrons. The molecule has 1 fully saturated rings. The summed E-state index contributed by atoms with van der Waals surface area (Å²) in [5, 5.41) is 2.06. The molecule has 1 aliphatic rings. The minimum Gasteiger partial charge on any atom is -0.297 e. The number of nitrogens with zero attached hydrogens (tertiary/aromatic N) is 2. The quantitative estimate of drug-likeness (QED) is 0.558. The first-order chi connectivity index (χ1) is 15.0. The molecule has 31 heavy (non-hydrogen) atoms. The fraction of sp³-hybridized carbons (Fsp3) is 0.333. The number of rotatable bonds is 8. The monoisotopic (exact) mass is 455 g/mol. The fourth-order valence-corrected chi connectivity index (χ4v) is 6.45. The Morgan fingerprint density at radius 1 is 0.903 bits per heavy atom. The summed E-state index contributed by atoms with van der Waals surface area (Å²) in [6.07, 6.45) is 0. The van der Waals surface area contributed by atoms with E-state index in [-0.39, 0.29) is 12.1 Å². The van der Waals surface area contributed by atoms with Crippen LogP contribution in [0.5, 0.6) is 0 Å². The van der Waals surface area contributed by atoms with Gasteiger partial charge in [0.15, 0.2) is 0 Å². The van der Waals surface area contributed by atoms with Crippen molar-refractivity contribution in [2.24, 2.45) is 0 Å². The normalized spacial score (nSPS) is 18.0. The highest BCUT2D eigenvalue weighted by Gasteiger charge is 2.32. The van der Waals surface area contributed by atoms with Gasteiger partial charge in [0, 0.05) is 43.6 Å². The molecule has 1 aromatic heterocycles. The summed E-state index contributed by atoms with van der Waals surface area (Å²) in [4.78, 5) is 6.39. The number of piperazine rings is 1. The van der Waals surface area contributed by atoms with E-state index < -0.39 is 10.0 Å². The van der Waals surface area contributed by atoms with Gasteiger partial charge in [-0.25, -0.2) is 13.1 Å². The van der Waals surface area contributed by atoms with Crippen molar-refractivity contribution < 1.29 is 8.42 Å². The summed E-state index contributed by atoms with van der Waals surface area (Å²) in [7, 11) is -3.57. The highest BCUT2D eigenvalue weighted by atomic mass is 32.2. The Labute approximate surface area is 189 Å². The Balaban J connectivity index is 1.45. The molecule has 0 aliphatic carbocycles. The zero-order chi connectivity index (χ0) is 21.7. The third kappa shape index (κ3) is 5.61. The van der Waals surface area contributed by atoms with Crippen LogP contribution in [0.1, 0.15) is 23.4 Å². The van der Waals surface area contributed by atoms with Crippen LogP contribution in [0.15, 0.2) is 83.1 Å². The molecule has 1 N–H and O–H groups in total. The van der Waals surface area contributed by atoms with Gasteiger partial charge in [-0.15, -0.1) is 11.3 Å². The van der Waals surface area contributed by atoms with E-state index in [1.165, 1.54) is 10.4 Å². The van der Waals surface area contributed by atoms with Gasteiger partial charge in [-0.05, 0) is 36.1 Å². The molecule has 7 heteroatoms. The molecule has 3 aromatic rings. The Hall–Kier alpha value is -2.03. The van der Waals surface area contributed by atoms with E-state index in [0.717, 1.165) is 32.7 Å². The maximum atomic E-state index is 12.9. The number of benzene rings is 2. The number of hydrogen-bond donors (Lipinski definition) is 1. The molecule has 2 atom stereocenters. The van der Waals surface area contributed by atoms with Crippen LogP contribution in [0.2, 0.25) is 0 Å². The highest BCUT2D eigenvalue weighted by molar-refractivity contribution is 7.89. The molecule has 2 aromatic carbocycles. The second-order valence-corrected chi connectivity index (χ2v) is 10.7. The summed E-state index contributed by atoms with van der Waals surface area (Å²) in [6.45, 7) is 6.68. The lowest BCUT2D eigenvalue weighted by Crippen LogP contribution is -2.52. The lowest BCUT2D eigenvalue weighted by molar-refractivity contribution is 0.0819. The minimum atomic E-state index is -3.57. The van der Waals surface area contributed by atoms with E-state index in [2.05, 4.69) is 50.2 Å². The van der Waals surface area contributed by atoms with Crippen LogP contribution in [0.3, 0.4) is 0 Å². The largest absolute Gasteiger partial charge is 0.297 e. The maximum absolute atomic E-state index is 12.9. The van der Waals surface area contributed by atoms with Gasteiger partial charge in [-0.2, -0.15) is 0 Å². The maximum Gasteiger partial charge on any atom is 0.240 e.